The number of benzene rings is 2. The van der Waals surface area contributed by atoms with Crippen LogP contribution in [0.25, 0.3) is 11.3 Å². The second kappa shape index (κ2) is 9.66. The van der Waals surface area contributed by atoms with E-state index in [1.165, 1.54) is 13.3 Å². The van der Waals surface area contributed by atoms with Gasteiger partial charge >= 0.3 is 5.97 Å². The number of nitrogens with zero attached hydrogens (tertiary/aromatic N) is 3. The number of nitriles is 1. The van der Waals surface area contributed by atoms with E-state index in [9.17, 15) is 14.9 Å². The molecule has 30 heavy (non-hydrogen) atoms. The smallest absolute Gasteiger partial charge is 0.343 e. The highest BCUT2D eigenvalue weighted by atomic mass is 16.6. The van der Waals surface area contributed by atoms with E-state index in [2.05, 4.69) is 25.2 Å². The van der Waals surface area contributed by atoms with Crippen LogP contribution in [0.4, 0.5) is 5.95 Å². The average molecular weight is 403 g/mol. The number of hydrazone groups is 1. The molecule has 0 bridgehead atoms. The zero-order valence-corrected chi connectivity index (χ0v) is 16.0. The third-order valence-corrected chi connectivity index (χ3v) is 3.90. The van der Waals surface area contributed by atoms with Crippen LogP contribution < -0.4 is 15.7 Å². The Labute approximate surface area is 171 Å². The third kappa shape index (κ3) is 5.08. The van der Waals surface area contributed by atoms with Gasteiger partial charge in [0.1, 0.15) is 17.4 Å². The van der Waals surface area contributed by atoms with Crippen LogP contribution in [0.2, 0.25) is 0 Å². The zero-order valence-electron chi connectivity index (χ0n) is 16.0. The third-order valence-electron chi connectivity index (χ3n) is 3.90. The van der Waals surface area contributed by atoms with E-state index in [4.69, 9.17) is 4.74 Å². The molecule has 3 aromatic rings. The van der Waals surface area contributed by atoms with E-state index in [0.29, 0.717) is 16.9 Å². The summed E-state index contributed by atoms with van der Waals surface area (Å²) in [5.41, 5.74) is 3.60. The minimum absolute atomic E-state index is 0.0776. The van der Waals surface area contributed by atoms with Gasteiger partial charge in [-0.25, -0.2) is 15.2 Å². The number of anilines is 1. The van der Waals surface area contributed by atoms with Crippen molar-refractivity contribution < 1.29 is 14.3 Å². The number of ether oxygens (including phenoxy) is 2. The number of H-pyrrole nitrogens is 1. The van der Waals surface area contributed by atoms with Gasteiger partial charge in [0.25, 0.3) is 5.56 Å². The largest absolute Gasteiger partial charge is 0.482 e. The van der Waals surface area contributed by atoms with Gasteiger partial charge in [0.15, 0.2) is 6.61 Å². The lowest BCUT2D eigenvalue weighted by molar-refractivity contribution is -0.142. The number of carbonyl (C=O) groups excluding carboxylic acids is 1. The van der Waals surface area contributed by atoms with Crippen LogP contribution >= 0.6 is 0 Å². The molecule has 0 fully saturated rings. The maximum atomic E-state index is 12.2. The summed E-state index contributed by atoms with van der Waals surface area (Å²) >= 11 is 0. The Balaban J connectivity index is 1.77. The molecule has 3 rings (SSSR count). The first-order valence-electron chi connectivity index (χ1n) is 8.79. The van der Waals surface area contributed by atoms with Gasteiger partial charge < -0.3 is 9.47 Å². The number of hydrogen-bond donors (Lipinski definition) is 2. The molecule has 0 aliphatic carbocycles. The molecule has 150 valence electrons. The Morgan fingerprint density at radius 2 is 2.07 bits per heavy atom. The molecule has 1 aromatic heterocycles. The lowest BCUT2D eigenvalue weighted by Crippen LogP contribution is -2.16. The van der Waals surface area contributed by atoms with Crippen molar-refractivity contribution in [1.29, 1.82) is 5.26 Å². The number of carbonyl (C=O) groups is 1. The van der Waals surface area contributed by atoms with Crippen LogP contribution in [0.3, 0.4) is 0 Å². The number of aromatic nitrogens is 2. The summed E-state index contributed by atoms with van der Waals surface area (Å²) < 4.78 is 9.85. The minimum atomic E-state index is -0.567. The second-order valence-electron chi connectivity index (χ2n) is 5.92. The monoisotopic (exact) mass is 403 g/mol. The van der Waals surface area contributed by atoms with Crippen LogP contribution in [0.5, 0.6) is 5.75 Å². The van der Waals surface area contributed by atoms with Crippen molar-refractivity contribution in [3.8, 4) is 23.1 Å². The van der Waals surface area contributed by atoms with Gasteiger partial charge in [0.2, 0.25) is 5.95 Å². The number of esters is 1. The number of rotatable bonds is 7. The molecule has 0 radical (unpaired) electrons. The van der Waals surface area contributed by atoms with Crippen molar-refractivity contribution in [2.24, 2.45) is 5.10 Å². The lowest BCUT2D eigenvalue weighted by Gasteiger charge is -2.06. The molecule has 0 spiro atoms. The SMILES string of the molecule is COC(=O)COc1cccc(C=NNc2nc(-c3ccccc3)c(C#N)c(=O)[nH]2)c1. The minimum Gasteiger partial charge on any atom is -0.482 e. The predicted molar refractivity (Wildman–Crippen MR) is 110 cm³/mol. The molecule has 0 amide bonds. The van der Waals surface area contributed by atoms with Crippen molar-refractivity contribution in [2.45, 2.75) is 0 Å². The average Bonchev–Trinajstić information content (AvgIpc) is 2.78. The molecule has 0 aliphatic heterocycles. The van der Waals surface area contributed by atoms with Gasteiger partial charge in [-0.15, -0.1) is 0 Å². The normalized spacial score (nSPS) is 10.4. The first kappa shape index (κ1) is 20.3. The van der Waals surface area contributed by atoms with Crippen LogP contribution in [0, 0.1) is 11.3 Å². The maximum Gasteiger partial charge on any atom is 0.343 e. The summed E-state index contributed by atoms with van der Waals surface area (Å²) in [5, 5.41) is 13.4. The van der Waals surface area contributed by atoms with Crippen LogP contribution in [0.1, 0.15) is 11.1 Å². The maximum absolute atomic E-state index is 12.2. The van der Waals surface area contributed by atoms with Crippen molar-refractivity contribution in [1.82, 2.24) is 9.97 Å². The molecular formula is C21H17N5O4. The summed E-state index contributed by atoms with van der Waals surface area (Å²) in [5.74, 6) is 0.0774. The van der Waals surface area contributed by atoms with E-state index >= 15 is 0 Å². The van der Waals surface area contributed by atoms with E-state index in [1.807, 2.05) is 12.1 Å². The molecule has 0 atom stereocenters. The molecule has 2 N–H and O–H groups in total. The Hall–Kier alpha value is -4.45. The van der Waals surface area contributed by atoms with Gasteiger partial charge in [-0.2, -0.15) is 10.4 Å². The molecule has 1 heterocycles. The number of hydrogen-bond acceptors (Lipinski definition) is 8. The van der Waals surface area contributed by atoms with Crippen molar-refractivity contribution in [2.75, 3.05) is 19.1 Å². The Morgan fingerprint density at radius 1 is 1.27 bits per heavy atom. The van der Waals surface area contributed by atoms with Gasteiger partial charge in [-0.1, -0.05) is 42.5 Å². The number of methoxy groups -OCH3 is 1. The van der Waals surface area contributed by atoms with Gasteiger partial charge in [-0.3, -0.25) is 9.78 Å². The fourth-order valence-electron chi connectivity index (χ4n) is 2.49. The molecule has 0 saturated heterocycles. The highest BCUT2D eigenvalue weighted by Gasteiger charge is 2.12. The lowest BCUT2D eigenvalue weighted by atomic mass is 10.1. The highest BCUT2D eigenvalue weighted by Crippen LogP contribution is 2.19. The first-order valence-corrected chi connectivity index (χ1v) is 8.79. The molecule has 0 aliphatic rings. The summed E-state index contributed by atoms with van der Waals surface area (Å²) in [4.78, 5) is 30.2. The van der Waals surface area contributed by atoms with E-state index in [0.717, 1.165) is 0 Å². The summed E-state index contributed by atoms with van der Waals surface area (Å²) in [6.07, 6.45) is 1.49. The standard InChI is InChI=1S/C21H17N5O4/c1-29-18(27)13-30-16-9-5-6-14(10-16)12-23-26-21-24-19(15-7-3-2-4-8-15)17(11-22)20(28)25-21/h2-10,12H,13H2,1H3,(H2,24,25,26,28). The molecule has 0 saturated carbocycles. The molecule has 9 nitrogen and oxygen atoms in total. The summed E-state index contributed by atoms with van der Waals surface area (Å²) in [6, 6.07) is 17.7. The van der Waals surface area contributed by atoms with Gasteiger partial charge in [0, 0.05) is 5.56 Å². The zero-order chi connectivity index (χ0) is 21.3. The second-order valence-corrected chi connectivity index (χ2v) is 5.92. The molecule has 0 unspecified atom stereocenters. The molecule has 9 heteroatoms. The topological polar surface area (TPSA) is 129 Å². The quantitative estimate of drug-likeness (QED) is 0.352. The van der Waals surface area contributed by atoms with E-state index in [-0.39, 0.29) is 23.8 Å². The Bertz CT molecular complexity index is 1170. The highest BCUT2D eigenvalue weighted by molar-refractivity contribution is 5.80. The van der Waals surface area contributed by atoms with E-state index in [1.54, 1.807) is 48.5 Å². The van der Waals surface area contributed by atoms with Crippen molar-refractivity contribution in [3.63, 3.8) is 0 Å². The summed E-state index contributed by atoms with van der Waals surface area (Å²) in [7, 11) is 1.28. The molecule has 2 aromatic carbocycles. The fraction of sp³-hybridized carbons (Fsp3) is 0.0952. The number of nitrogens with one attached hydrogen (secondary N) is 2. The van der Waals surface area contributed by atoms with E-state index < -0.39 is 11.5 Å². The van der Waals surface area contributed by atoms with Crippen LogP contribution in [-0.2, 0) is 9.53 Å². The number of aromatic amines is 1. The first-order chi connectivity index (χ1) is 14.6. The summed E-state index contributed by atoms with van der Waals surface area (Å²) in [6.45, 7) is -0.200. The van der Waals surface area contributed by atoms with Crippen molar-refractivity contribution in [3.05, 3.63) is 76.1 Å². The van der Waals surface area contributed by atoms with Gasteiger partial charge in [0.05, 0.1) is 19.0 Å². The van der Waals surface area contributed by atoms with Crippen LogP contribution in [0.15, 0.2) is 64.5 Å². The van der Waals surface area contributed by atoms with Gasteiger partial charge in [-0.05, 0) is 17.7 Å². The van der Waals surface area contributed by atoms with Crippen molar-refractivity contribution >= 4 is 18.1 Å². The molecular weight excluding hydrogens is 386 g/mol. The fourth-order valence-corrected chi connectivity index (χ4v) is 2.49. The Kier molecular flexibility index (Phi) is 6.53. The van der Waals surface area contributed by atoms with Crippen LogP contribution in [-0.4, -0.2) is 35.9 Å². The predicted octanol–water partition coefficient (Wildman–Crippen LogP) is 2.31. The Morgan fingerprint density at radius 3 is 2.80 bits per heavy atom.